The lowest BCUT2D eigenvalue weighted by molar-refractivity contribution is -0.174. The first kappa shape index (κ1) is 30.4. The van der Waals surface area contributed by atoms with Crippen LogP contribution in [0.3, 0.4) is 0 Å². The van der Waals surface area contributed by atoms with E-state index < -0.39 is 45.3 Å². The predicted molar refractivity (Wildman–Crippen MR) is 154 cm³/mol. The number of hydrogen-bond acceptors (Lipinski definition) is 6. The van der Waals surface area contributed by atoms with Crippen molar-refractivity contribution < 1.29 is 27.1 Å². The molecule has 1 aromatic heterocycles. The summed E-state index contributed by atoms with van der Waals surface area (Å²) < 4.78 is 49.3. The summed E-state index contributed by atoms with van der Waals surface area (Å²) in [4.78, 5) is 31.6. The molecule has 1 N–H and O–H groups in total. The maximum atomic E-state index is 14.2. The van der Waals surface area contributed by atoms with E-state index in [1.165, 1.54) is 24.7 Å². The first-order valence-electron chi connectivity index (χ1n) is 13.9. The summed E-state index contributed by atoms with van der Waals surface area (Å²) in [5.41, 5.74) is 1.32. The zero-order valence-electron chi connectivity index (χ0n) is 24.1. The number of hydrogen-bond donors (Lipinski definition) is 1. The Balaban J connectivity index is 1.65. The second-order valence-corrected chi connectivity index (χ2v) is 13.5. The van der Waals surface area contributed by atoms with Gasteiger partial charge in [-0.25, -0.2) is 9.37 Å². The van der Waals surface area contributed by atoms with E-state index in [1.807, 2.05) is 27.7 Å². The summed E-state index contributed by atoms with van der Waals surface area (Å²) >= 11 is 0. The fourth-order valence-corrected chi connectivity index (χ4v) is 6.74. The third-order valence-electron chi connectivity index (χ3n) is 7.59. The van der Waals surface area contributed by atoms with Crippen LogP contribution in [-0.4, -0.2) is 35.8 Å². The van der Waals surface area contributed by atoms with E-state index in [1.54, 1.807) is 48.0 Å². The molecule has 8 nitrogen and oxygen atoms in total. The van der Waals surface area contributed by atoms with Gasteiger partial charge in [0, 0.05) is 24.8 Å². The highest BCUT2D eigenvalue weighted by atomic mass is 32.2. The van der Waals surface area contributed by atoms with E-state index in [9.17, 15) is 22.4 Å². The number of aromatic nitrogens is 2. The second kappa shape index (κ2) is 12.1. The fraction of sp³-hybridized carbons (Fsp3) is 0.452. The van der Waals surface area contributed by atoms with Gasteiger partial charge in [-0.05, 0) is 60.1 Å². The summed E-state index contributed by atoms with van der Waals surface area (Å²) in [5.74, 6) is -3.16. The van der Waals surface area contributed by atoms with Crippen molar-refractivity contribution in [3.8, 4) is 0 Å². The summed E-state index contributed by atoms with van der Waals surface area (Å²) in [6.45, 7) is 7.84. The molecule has 1 saturated heterocycles. The van der Waals surface area contributed by atoms with Gasteiger partial charge in [0.15, 0.2) is 10.8 Å². The van der Waals surface area contributed by atoms with E-state index in [4.69, 9.17) is 4.74 Å². The summed E-state index contributed by atoms with van der Waals surface area (Å²) in [6.07, 6.45) is 4.63. The molecule has 1 fully saturated rings. The minimum atomic E-state index is -3.94. The summed E-state index contributed by atoms with van der Waals surface area (Å²) in [5, 5.41) is -0.116. The van der Waals surface area contributed by atoms with E-state index >= 15 is 0 Å². The van der Waals surface area contributed by atoms with Crippen LogP contribution in [0.15, 0.2) is 66.1 Å². The second-order valence-electron chi connectivity index (χ2n) is 11.9. The number of sulfonamides is 1. The largest absolute Gasteiger partial charge is 0.461 e. The molecule has 10 heteroatoms. The molecule has 41 heavy (non-hydrogen) atoms. The molecule has 0 amide bonds. The lowest BCUT2D eigenvalue weighted by Gasteiger charge is -2.42. The van der Waals surface area contributed by atoms with Gasteiger partial charge in [0.25, 0.3) is 10.0 Å². The number of ether oxygens (including phenoxy) is 1. The van der Waals surface area contributed by atoms with Crippen molar-refractivity contribution in [3.05, 3.63) is 78.0 Å². The Morgan fingerprint density at radius 1 is 1.10 bits per heavy atom. The smallest absolute Gasteiger partial charge is 0.317 e. The number of Topliss-reactive ketones (excluding diaryl/α,β-unsaturated/α-hetero) is 1. The minimum absolute atomic E-state index is 0.116. The van der Waals surface area contributed by atoms with E-state index in [0.717, 1.165) is 12.0 Å². The molecule has 0 bridgehead atoms. The molecular formula is C31H38FN3O5S. The molecule has 0 radical (unpaired) electrons. The van der Waals surface area contributed by atoms with Crippen molar-refractivity contribution in [1.82, 2.24) is 9.55 Å². The Kier molecular flexibility index (Phi) is 9.01. The molecule has 4 atom stereocenters. The van der Waals surface area contributed by atoms with Crippen LogP contribution in [0.2, 0.25) is 0 Å². The van der Waals surface area contributed by atoms with Crippen molar-refractivity contribution in [1.29, 1.82) is 0 Å². The average Bonchev–Trinajstić information content (AvgIpc) is 3.34. The number of carbonyl (C=O) groups is 2. The zero-order chi connectivity index (χ0) is 29.9. The molecule has 2 unspecified atom stereocenters. The van der Waals surface area contributed by atoms with Gasteiger partial charge in [-0.15, -0.1) is 0 Å². The van der Waals surface area contributed by atoms with Gasteiger partial charge in [0.1, 0.15) is 17.8 Å². The maximum Gasteiger partial charge on any atom is 0.317 e. The maximum absolute atomic E-state index is 14.2. The summed E-state index contributed by atoms with van der Waals surface area (Å²) in [7, 11) is -2.26. The third-order valence-corrected chi connectivity index (χ3v) is 8.86. The highest BCUT2D eigenvalue weighted by molar-refractivity contribution is 7.92. The first-order chi connectivity index (χ1) is 19.3. The number of esters is 1. The molecule has 2 aromatic carbocycles. The molecular weight excluding hydrogens is 545 g/mol. The van der Waals surface area contributed by atoms with Crippen LogP contribution in [0.5, 0.6) is 0 Å². The molecule has 1 aliphatic rings. The molecule has 0 spiro atoms. The van der Waals surface area contributed by atoms with E-state index in [2.05, 4.69) is 9.71 Å². The SMILES string of the molecule is CCC[C@@H]1OC(=O)C([C@H](c2cccc(NS(=O)(=O)c3cn(C)cn3)c2)C(C)(C)C)C(=O)C1CCc1ccc(F)cc1. The molecule has 0 aliphatic carbocycles. The van der Waals surface area contributed by atoms with Crippen LogP contribution in [0.4, 0.5) is 10.1 Å². The van der Waals surface area contributed by atoms with Crippen molar-refractivity contribution in [3.63, 3.8) is 0 Å². The monoisotopic (exact) mass is 583 g/mol. The van der Waals surface area contributed by atoms with Crippen molar-refractivity contribution >= 4 is 27.5 Å². The van der Waals surface area contributed by atoms with Crippen molar-refractivity contribution in [2.24, 2.45) is 24.3 Å². The number of anilines is 1. The van der Waals surface area contributed by atoms with Gasteiger partial charge in [0.2, 0.25) is 0 Å². The van der Waals surface area contributed by atoms with Gasteiger partial charge < -0.3 is 9.30 Å². The van der Waals surface area contributed by atoms with Crippen LogP contribution in [-0.2, 0) is 37.8 Å². The minimum Gasteiger partial charge on any atom is -0.461 e. The Bertz CT molecular complexity index is 1490. The molecule has 4 rings (SSSR count). The summed E-state index contributed by atoms with van der Waals surface area (Å²) in [6, 6.07) is 13.0. The number of nitrogens with one attached hydrogen (secondary N) is 1. The van der Waals surface area contributed by atoms with Gasteiger partial charge in [-0.3, -0.25) is 14.3 Å². The Labute approximate surface area is 241 Å². The lowest BCUT2D eigenvalue weighted by atomic mass is 9.65. The normalized spacial score (nSPS) is 20.5. The average molecular weight is 584 g/mol. The number of ketones is 1. The first-order valence-corrected chi connectivity index (χ1v) is 15.4. The van der Waals surface area contributed by atoms with Gasteiger partial charge >= 0.3 is 5.97 Å². The Morgan fingerprint density at radius 3 is 2.41 bits per heavy atom. The van der Waals surface area contributed by atoms with Crippen LogP contribution in [0.25, 0.3) is 0 Å². The number of imidazole rings is 1. The Hall–Kier alpha value is -3.53. The molecule has 0 saturated carbocycles. The van der Waals surface area contributed by atoms with Crippen LogP contribution >= 0.6 is 0 Å². The third kappa shape index (κ3) is 7.04. The number of carbonyl (C=O) groups excluding carboxylic acids is 2. The topological polar surface area (TPSA) is 107 Å². The van der Waals surface area contributed by atoms with Crippen molar-refractivity contribution in [2.45, 2.75) is 70.4 Å². The number of cyclic esters (lactones) is 1. The van der Waals surface area contributed by atoms with E-state index in [-0.39, 0.29) is 16.6 Å². The number of halogens is 1. The highest BCUT2D eigenvalue weighted by Crippen LogP contribution is 2.46. The van der Waals surface area contributed by atoms with Gasteiger partial charge in [-0.1, -0.05) is 58.4 Å². The highest BCUT2D eigenvalue weighted by Gasteiger charge is 2.51. The fourth-order valence-electron chi connectivity index (χ4n) is 5.70. The lowest BCUT2D eigenvalue weighted by Crippen LogP contribution is -2.50. The van der Waals surface area contributed by atoms with E-state index in [0.29, 0.717) is 30.5 Å². The zero-order valence-corrected chi connectivity index (χ0v) is 24.9. The molecule has 2 heterocycles. The van der Waals surface area contributed by atoms with Crippen LogP contribution in [0, 0.1) is 23.1 Å². The van der Waals surface area contributed by atoms with Crippen molar-refractivity contribution in [2.75, 3.05) is 4.72 Å². The Morgan fingerprint density at radius 2 is 1.80 bits per heavy atom. The molecule has 220 valence electrons. The quantitative estimate of drug-likeness (QED) is 0.244. The number of nitrogens with zero attached hydrogens (tertiary/aromatic N) is 2. The number of aryl methyl sites for hydroxylation is 2. The van der Waals surface area contributed by atoms with Crippen LogP contribution < -0.4 is 4.72 Å². The molecule has 3 aromatic rings. The van der Waals surface area contributed by atoms with Gasteiger partial charge in [-0.2, -0.15) is 8.42 Å². The number of benzene rings is 2. The van der Waals surface area contributed by atoms with Gasteiger partial charge in [0.05, 0.1) is 12.2 Å². The predicted octanol–water partition coefficient (Wildman–Crippen LogP) is 5.65. The number of rotatable bonds is 10. The van der Waals surface area contributed by atoms with Crippen LogP contribution in [0.1, 0.15) is 64.0 Å². The molecule has 1 aliphatic heterocycles. The standard InChI is InChI=1S/C31H38FN3O5S/c1-6-8-25-24(16-13-20-11-14-22(32)15-12-20)29(36)27(30(37)40-25)28(31(2,3)4)21-9-7-10-23(17-21)34-41(38,39)26-18-35(5)19-33-26/h7,9-12,14-15,17-19,24-25,27-28,34H,6,8,13,16H2,1-5H3/t24?,25-,27?,28-/m0/s1.